The van der Waals surface area contributed by atoms with Crippen LogP contribution in [0, 0.1) is 20.8 Å². The quantitative estimate of drug-likeness (QED) is 0.738. The summed E-state index contributed by atoms with van der Waals surface area (Å²) >= 11 is 0. The van der Waals surface area contributed by atoms with Crippen LogP contribution in [0.15, 0.2) is 24.3 Å². The largest absolute Gasteiger partial charge is 0.476 e. The van der Waals surface area contributed by atoms with E-state index in [0.29, 0.717) is 23.5 Å². The predicted octanol–water partition coefficient (Wildman–Crippen LogP) is 3.31. The molecule has 0 atom stereocenters. The maximum Gasteiger partial charge on any atom is 0.356 e. The Balaban J connectivity index is 2.31. The number of aromatic carboxylic acids is 1. The van der Waals surface area contributed by atoms with Crippen molar-refractivity contribution in [2.45, 2.75) is 34.2 Å². The van der Waals surface area contributed by atoms with Gasteiger partial charge < -0.3 is 9.67 Å². The van der Waals surface area contributed by atoms with Gasteiger partial charge in [-0.05, 0) is 33.8 Å². The minimum absolute atomic E-state index is 0.113. The minimum Gasteiger partial charge on any atom is -0.476 e. The Labute approximate surface area is 145 Å². The zero-order valence-electron chi connectivity index (χ0n) is 14.6. The number of aromatic nitrogens is 3. The van der Waals surface area contributed by atoms with E-state index in [9.17, 15) is 14.7 Å². The highest BCUT2D eigenvalue weighted by molar-refractivity contribution is 6.19. The van der Waals surface area contributed by atoms with Crippen molar-refractivity contribution in [2.24, 2.45) is 0 Å². The fourth-order valence-electron chi connectivity index (χ4n) is 3.15. The van der Waals surface area contributed by atoms with Gasteiger partial charge in [-0.3, -0.25) is 4.79 Å². The van der Waals surface area contributed by atoms with Crippen LogP contribution in [0.1, 0.15) is 50.5 Å². The summed E-state index contributed by atoms with van der Waals surface area (Å²) in [6.07, 6.45) is 0. The number of nitrogens with zero attached hydrogens (tertiary/aromatic N) is 3. The fourth-order valence-corrected chi connectivity index (χ4v) is 3.15. The Morgan fingerprint density at radius 3 is 2.24 bits per heavy atom. The maximum atomic E-state index is 13.2. The van der Waals surface area contributed by atoms with Gasteiger partial charge in [0.15, 0.2) is 5.69 Å². The Hall–Kier alpha value is -3.02. The number of hydrogen-bond acceptors (Lipinski definition) is 4. The number of benzene rings is 1. The number of para-hydroxylation sites is 1. The van der Waals surface area contributed by atoms with Gasteiger partial charge >= 0.3 is 5.97 Å². The van der Waals surface area contributed by atoms with Gasteiger partial charge in [-0.15, -0.1) is 0 Å². The number of rotatable bonds is 4. The van der Waals surface area contributed by atoms with Crippen molar-refractivity contribution in [3.63, 3.8) is 0 Å². The molecule has 25 heavy (non-hydrogen) atoms. The summed E-state index contributed by atoms with van der Waals surface area (Å²) in [5, 5.41) is 10.2. The second-order valence-corrected chi connectivity index (χ2v) is 5.95. The lowest BCUT2D eigenvalue weighted by Gasteiger charge is -2.08. The van der Waals surface area contributed by atoms with Crippen molar-refractivity contribution in [2.75, 3.05) is 0 Å². The molecule has 2 heterocycles. The highest BCUT2D eigenvalue weighted by atomic mass is 16.4. The molecule has 0 amide bonds. The lowest BCUT2D eigenvalue weighted by molar-refractivity contribution is 0.0685. The van der Waals surface area contributed by atoms with Crippen molar-refractivity contribution < 1.29 is 14.7 Å². The molecule has 0 radical (unpaired) electrons. The summed E-state index contributed by atoms with van der Waals surface area (Å²) in [4.78, 5) is 33.1. The molecule has 0 aliphatic carbocycles. The van der Waals surface area contributed by atoms with E-state index in [-0.39, 0.29) is 11.4 Å². The van der Waals surface area contributed by atoms with Gasteiger partial charge in [-0.1, -0.05) is 18.2 Å². The first kappa shape index (κ1) is 16.8. The Morgan fingerprint density at radius 1 is 1.04 bits per heavy atom. The molecular weight excluding hydrogens is 318 g/mol. The first-order chi connectivity index (χ1) is 11.9. The molecule has 3 aromatic rings. The SMILES string of the molecule is CCn1c(C)c(C(=O)c2nc(C)c(C)nc2C(=O)O)c2ccccc21. The molecule has 6 heteroatoms. The average Bonchev–Trinajstić information content (AvgIpc) is 2.87. The molecule has 0 saturated carbocycles. The monoisotopic (exact) mass is 337 g/mol. The molecular formula is C19H19N3O3. The average molecular weight is 337 g/mol. The van der Waals surface area contributed by atoms with Crippen LogP contribution in [0.25, 0.3) is 10.9 Å². The highest BCUT2D eigenvalue weighted by Gasteiger charge is 2.27. The van der Waals surface area contributed by atoms with Crippen LogP contribution in [0.3, 0.4) is 0 Å². The predicted molar refractivity (Wildman–Crippen MR) is 94.2 cm³/mol. The van der Waals surface area contributed by atoms with Crippen molar-refractivity contribution in [1.82, 2.24) is 14.5 Å². The van der Waals surface area contributed by atoms with Gasteiger partial charge in [0.05, 0.1) is 17.0 Å². The summed E-state index contributed by atoms with van der Waals surface area (Å²) < 4.78 is 2.04. The first-order valence-electron chi connectivity index (χ1n) is 8.07. The molecule has 1 aromatic carbocycles. The molecule has 2 aromatic heterocycles. The van der Waals surface area contributed by atoms with E-state index in [1.54, 1.807) is 13.8 Å². The number of hydrogen-bond donors (Lipinski definition) is 1. The first-order valence-corrected chi connectivity index (χ1v) is 8.07. The van der Waals surface area contributed by atoms with Gasteiger partial charge in [0.2, 0.25) is 5.78 Å². The summed E-state index contributed by atoms with van der Waals surface area (Å²) in [6, 6.07) is 7.60. The summed E-state index contributed by atoms with van der Waals surface area (Å²) in [5.74, 6) is -1.66. The number of carbonyl (C=O) groups excluding carboxylic acids is 1. The van der Waals surface area contributed by atoms with E-state index in [1.807, 2.05) is 42.7 Å². The van der Waals surface area contributed by atoms with Crippen LogP contribution in [0.5, 0.6) is 0 Å². The molecule has 128 valence electrons. The van der Waals surface area contributed by atoms with Crippen LogP contribution in [-0.4, -0.2) is 31.4 Å². The van der Waals surface area contributed by atoms with E-state index in [1.165, 1.54) is 0 Å². The normalized spacial score (nSPS) is 11.0. The second kappa shape index (κ2) is 6.12. The van der Waals surface area contributed by atoms with Crippen LogP contribution in [-0.2, 0) is 6.54 Å². The molecule has 0 fully saturated rings. The molecule has 0 spiro atoms. The molecule has 6 nitrogen and oxygen atoms in total. The van der Waals surface area contributed by atoms with Crippen LogP contribution >= 0.6 is 0 Å². The van der Waals surface area contributed by atoms with E-state index < -0.39 is 11.8 Å². The molecule has 0 aliphatic heterocycles. The summed E-state index contributed by atoms with van der Waals surface area (Å²) in [6.45, 7) is 7.98. The molecule has 3 rings (SSSR count). The van der Waals surface area contributed by atoms with Crippen LogP contribution < -0.4 is 0 Å². The van der Waals surface area contributed by atoms with E-state index in [2.05, 4.69) is 9.97 Å². The molecule has 0 aliphatic rings. The van der Waals surface area contributed by atoms with Crippen LogP contribution in [0.2, 0.25) is 0 Å². The lowest BCUT2D eigenvalue weighted by atomic mass is 10.0. The maximum absolute atomic E-state index is 13.2. The van der Waals surface area contributed by atoms with Gasteiger partial charge in [0.25, 0.3) is 0 Å². The minimum atomic E-state index is -1.25. The number of carboxylic acids is 1. The molecule has 0 bridgehead atoms. The van der Waals surface area contributed by atoms with E-state index in [0.717, 1.165) is 16.6 Å². The molecule has 0 unspecified atom stereocenters. The van der Waals surface area contributed by atoms with E-state index in [4.69, 9.17) is 0 Å². The van der Waals surface area contributed by atoms with Crippen molar-refractivity contribution >= 4 is 22.7 Å². The summed E-state index contributed by atoms with van der Waals surface area (Å²) in [7, 11) is 0. The number of ketones is 1. The van der Waals surface area contributed by atoms with Crippen molar-refractivity contribution in [1.29, 1.82) is 0 Å². The highest BCUT2D eigenvalue weighted by Crippen LogP contribution is 2.28. The third kappa shape index (κ3) is 2.59. The fraction of sp³-hybridized carbons (Fsp3) is 0.263. The Morgan fingerprint density at radius 2 is 1.64 bits per heavy atom. The zero-order valence-corrected chi connectivity index (χ0v) is 14.6. The number of fused-ring (bicyclic) bond motifs is 1. The van der Waals surface area contributed by atoms with Crippen molar-refractivity contribution in [3.05, 3.63) is 58.3 Å². The Kier molecular flexibility index (Phi) is 4.12. The molecule has 0 saturated heterocycles. The number of carboxylic acid groups (broad SMARTS) is 1. The standard InChI is InChI=1S/C19H19N3O3/c1-5-22-12(4)15(13-8-6-7-9-14(13)22)18(23)16-17(19(24)25)21-11(3)10(2)20-16/h6-9H,5H2,1-4H3,(H,24,25). The lowest BCUT2D eigenvalue weighted by Crippen LogP contribution is -2.17. The smallest absolute Gasteiger partial charge is 0.356 e. The number of carbonyl (C=O) groups is 2. The van der Waals surface area contributed by atoms with Gasteiger partial charge in [0, 0.05) is 23.1 Å². The van der Waals surface area contributed by atoms with Gasteiger partial charge in [-0.2, -0.15) is 0 Å². The van der Waals surface area contributed by atoms with E-state index >= 15 is 0 Å². The van der Waals surface area contributed by atoms with Crippen molar-refractivity contribution in [3.8, 4) is 0 Å². The zero-order chi connectivity index (χ0) is 18.3. The Bertz CT molecular complexity index is 1020. The second-order valence-electron chi connectivity index (χ2n) is 5.95. The van der Waals surface area contributed by atoms with Crippen LogP contribution in [0.4, 0.5) is 0 Å². The van der Waals surface area contributed by atoms with Gasteiger partial charge in [0.1, 0.15) is 5.69 Å². The topological polar surface area (TPSA) is 85.1 Å². The molecule has 1 N–H and O–H groups in total. The third-order valence-electron chi connectivity index (χ3n) is 4.50. The third-order valence-corrected chi connectivity index (χ3v) is 4.50. The summed E-state index contributed by atoms with van der Waals surface area (Å²) in [5.41, 5.74) is 2.85. The van der Waals surface area contributed by atoms with Gasteiger partial charge in [-0.25, -0.2) is 14.8 Å². The number of aryl methyl sites for hydroxylation is 3.